The maximum Gasteiger partial charge on any atom is 0.456 e. The SMILES string of the molecule is O=C(c1cn(CC(O)C(F)(F)F)nn1)C(F)(F)F. The van der Waals surface area contributed by atoms with Gasteiger partial charge in [0.25, 0.3) is 5.78 Å². The lowest BCUT2D eigenvalue weighted by molar-refractivity contribution is -0.208. The Balaban J connectivity index is 2.79. The second-order valence-corrected chi connectivity index (χ2v) is 3.21. The van der Waals surface area contributed by atoms with Crippen molar-refractivity contribution in [2.24, 2.45) is 0 Å². The van der Waals surface area contributed by atoms with Crippen LogP contribution in [0.3, 0.4) is 0 Å². The Hall–Kier alpha value is -1.65. The number of halogens is 6. The number of rotatable bonds is 3. The molecule has 1 unspecified atom stereocenters. The first kappa shape index (κ1) is 14.4. The zero-order chi connectivity index (χ0) is 14.1. The molecule has 0 aliphatic heterocycles. The molecule has 0 saturated heterocycles. The van der Waals surface area contributed by atoms with Crippen molar-refractivity contribution in [2.45, 2.75) is 25.0 Å². The lowest BCUT2D eigenvalue weighted by Crippen LogP contribution is -2.33. The van der Waals surface area contributed by atoms with Crippen molar-refractivity contribution in [3.63, 3.8) is 0 Å². The molecule has 0 radical (unpaired) electrons. The van der Waals surface area contributed by atoms with Gasteiger partial charge in [0.2, 0.25) is 0 Å². The fourth-order valence-corrected chi connectivity index (χ4v) is 0.918. The predicted octanol–water partition coefficient (Wildman–Crippen LogP) is 0.946. The van der Waals surface area contributed by atoms with Crippen molar-refractivity contribution < 1.29 is 36.2 Å². The first-order valence-electron chi connectivity index (χ1n) is 4.28. The van der Waals surface area contributed by atoms with Crippen LogP contribution in [-0.4, -0.2) is 44.3 Å². The second kappa shape index (κ2) is 4.55. The van der Waals surface area contributed by atoms with Crippen molar-refractivity contribution in [1.29, 1.82) is 0 Å². The lowest BCUT2D eigenvalue weighted by Gasteiger charge is -2.13. The number of nitrogens with zero attached hydrogens (tertiary/aromatic N) is 3. The molecule has 5 nitrogen and oxygen atoms in total. The monoisotopic (exact) mass is 277 g/mol. The maximum atomic E-state index is 11.9. The Labute approximate surface area is 95.0 Å². The number of carbonyl (C=O) groups excluding carboxylic acids is 1. The highest BCUT2D eigenvalue weighted by molar-refractivity contribution is 5.98. The fourth-order valence-electron chi connectivity index (χ4n) is 0.918. The molecule has 11 heteroatoms. The summed E-state index contributed by atoms with van der Waals surface area (Å²) in [4.78, 5) is 10.6. The molecule has 0 aromatic carbocycles. The van der Waals surface area contributed by atoms with E-state index in [0.29, 0.717) is 10.9 Å². The molecule has 1 aromatic rings. The summed E-state index contributed by atoms with van der Waals surface area (Å²) in [5, 5.41) is 14.3. The molecule has 0 saturated carbocycles. The van der Waals surface area contributed by atoms with Crippen LogP contribution >= 0.6 is 0 Å². The third-order valence-corrected chi connectivity index (χ3v) is 1.77. The van der Waals surface area contributed by atoms with Gasteiger partial charge >= 0.3 is 12.4 Å². The minimum Gasteiger partial charge on any atom is -0.382 e. The van der Waals surface area contributed by atoms with Gasteiger partial charge in [-0.25, -0.2) is 4.68 Å². The highest BCUT2D eigenvalue weighted by Gasteiger charge is 2.42. The molecule has 0 spiro atoms. The number of Topliss-reactive ketones (excluding diaryl/α,β-unsaturated/α-hetero) is 1. The number of aliphatic hydroxyl groups excluding tert-OH is 1. The summed E-state index contributed by atoms with van der Waals surface area (Å²) < 4.78 is 71.9. The van der Waals surface area contributed by atoms with Gasteiger partial charge in [-0.1, -0.05) is 5.21 Å². The van der Waals surface area contributed by atoms with E-state index in [1.807, 2.05) is 0 Å². The molecule has 1 atom stereocenters. The van der Waals surface area contributed by atoms with E-state index >= 15 is 0 Å². The van der Waals surface area contributed by atoms with E-state index in [2.05, 4.69) is 10.3 Å². The third kappa shape index (κ3) is 3.42. The number of carbonyl (C=O) groups is 1. The summed E-state index contributed by atoms with van der Waals surface area (Å²) in [6.07, 6.45) is -12.6. The molecule has 1 rings (SSSR count). The highest BCUT2D eigenvalue weighted by atomic mass is 19.4. The number of hydrogen-bond acceptors (Lipinski definition) is 4. The van der Waals surface area contributed by atoms with Crippen molar-refractivity contribution in [1.82, 2.24) is 15.0 Å². The molecular weight excluding hydrogens is 272 g/mol. The van der Waals surface area contributed by atoms with E-state index in [0.717, 1.165) is 0 Å². The summed E-state index contributed by atoms with van der Waals surface area (Å²) in [5.74, 6) is -2.32. The van der Waals surface area contributed by atoms with Gasteiger partial charge in [0.1, 0.15) is 0 Å². The molecule has 0 aliphatic carbocycles. The average Bonchev–Trinajstić information content (AvgIpc) is 2.62. The Morgan fingerprint density at radius 1 is 1.33 bits per heavy atom. The van der Waals surface area contributed by atoms with E-state index in [-0.39, 0.29) is 0 Å². The molecular formula is C7H5F6N3O2. The number of aromatic nitrogens is 3. The van der Waals surface area contributed by atoms with Crippen molar-refractivity contribution >= 4 is 5.78 Å². The van der Waals surface area contributed by atoms with Gasteiger partial charge in [-0.05, 0) is 0 Å². The molecule has 0 amide bonds. The van der Waals surface area contributed by atoms with Crippen LogP contribution in [0.4, 0.5) is 26.3 Å². The van der Waals surface area contributed by atoms with Crippen LogP contribution in [0.1, 0.15) is 10.5 Å². The average molecular weight is 277 g/mol. The van der Waals surface area contributed by atoms with Crippen LogP contribution in [0.15, 0.2) is 6.20 Å². The predicted molar refractivity (Wildman–Crippen MR) is 42.5 cm³/mol. The van der Waals surface area contributed by atoms with Crippen LogP contribution < -0.4 is 0 Å². The van der Waals surface area contributed by atoms with E-state index < -0.39 is 36.5 Å². The van der Waals surface area contributed by atoms with Gasteiger partial charge in [-0.3, -0.25) is 4.79 Å². The van der Waals surface area contributed by atoms with Gasteiger partial charge < -0.3 is 5.11 Å². The Bertz CT molecular complexity index is 437. The quantitative estimate of drug-likeness (QED) is 0.659. The Morgan fingerprint density at radius 2 is 1.89 bits per heavy atom. The summed E-state index contributed by atoms with van der Waals surface area (Å²) in [5.41, 5.74) is -1.14. The maximum absolute atomic E-state index is 11.9. The van der Waals surface area contributed by atoms with E-state index in [1.165, 1.54) is 0 Å². The highest BCUT2D eigenvalue weighted by Crippen LogP contribution is 2.22. The Morgan fingerprint density at radius 3 is 2.33 bits per heavy atom. The zero-order valence-electron chi connectivity index (χ0n) is 8.33. The fraction of sp³-hybridized carbons (Fsp3) is 0.571. The number of hydrogen-bond donors (Lipinski definition) is 1. The molecule has 0 bridgehead atoms. The van der Waals surface area contributed by atoms with Crippen LogP contribution in [-0.2, 0) is 6.54 Å². The molecule has 1 heterocycles. The van der Waals surface area contributed by atoms with E-state index in [9.17, 15) is 31.1 Å². The summed E-state index contributed by atoms with van der Waals surface area (Å²) in [6, 6.07) is 0. The normalized spacial score (nSPS) is 14.6. The smallest absolute Gasteiger partial charge is 0.382 e. The number of aliphatic hydroxyl groups is 1. The van der Waals surface area contributed by atoms with E-state index in [1.54, 1.807) is 0 Å². The largest absolute Gasteiger partial charge is 0.456 e. The third-order valence-electron chi connectivity index (χ3n) is 1.77. The zero-order valence-corrected chi connectivity index (χ0v) is 8.33. The molecule has 1 N–H and O–H groups in total. The minimum absolute atomic E-state index is 0.303. The summed E-state index contributed by atoms with van der Waals surface area (Å²) in [7, 11) is 0. The molecule has 18 heavy (non-hydrogen) atoms. The molecule has 0 fully saturated rings. The minimum atomic E-state index is -5.19. The molecule has 102 valence electrons. The van der Waals surface area contributed by atoms with Gasteiger partial charge in [0.15, 0.2) is 11.8 Å². The number of ketones is 1. The van der Waals surface area contributed by atoms with Crippen LogP contribution in [0.25, 0.3) is 0 Å². The summed E-state index contributed by atoms with van der Waals surface area (Å²) in [6.45, 7) is -1.15. The van der Waals surface area contributed by atoms with E-state index in [4.69, 9.17) is 5.11 Å². The van der Waals surface area contributed by atoms with Gasteiger partial charge in [-0.2, -0.15) is 26.3 Å². The van der Waals surface area contributed by atoms with Gasteiger partial charge in [0, 0.05) is 0 Å². The summed E-state index contributed by atoms with van der Waals surface area (Å²) >= 11 is 0. The second-order valence-electron chi connectivity index (χ2n) is 3.21. The lowest BCUT2D eigenvalue weighted by atomic mass is 10.3. The first-order valence-corrected chi connectivity index (χ1v) is 4.28. The van der Waals surface area contributed by atoms with Crippen molar-refractivity contribution in [3.8, 4) is 0 Å². The van der Waals surface area contributed by atoms with Crippen molar-refractivity contribution in [3.05, 3.63) is 11.9 Å². The molecule has 0 aliphatic rings. The van der Waals surface area contributed by atoms with Crippen LogP contribution in [0, 0.1) is 0 Å². The Kier molecular flexibility index (Phi) is 3.64. The standard InChI is InChI=1S/C7H5F6N3O2/c8-6(9,10)4(17)2-16-1-3(14-15-16)5(18)7(11,12)13/h1,4,17H,2H2. The number of alkyl halides is 6. The first-order chi connectivity index (χ1) is 8.01. The van der Waals surface area contributed by atoms with Gasteiger partial charge in [-0.15, -0.1) is 5.10 Å². The molecule has 1 aromatic heterocycles. The van der Waals surface area contributed by atoms with Gasteiger partial charge in [0.05, 0.1) is 12.7 Å². The van der Waals surface area contributed by atoms with Crippen LogP contribution in [0.5, 0.6) is 0 Å². The topological polar surface area (TPSA) is 68.0 Å². The van der Waals surface area contributed by atoms with Crippen LogP contribution in [0.2, 0.25) is 0 Å². The van der Waals surface area contributed by atoms with Crippen molar-refractivity contribution in [2.75, 3.05) is 0 Å².